The highest BCUT2D eigenvalue weighted by molar-refractivity contribution is 6.04. The van der Waals surface area contributed by atoms with Crippen LogP contribution in [0.1, 0.15) is 33.5 Å². The van der Waals surface area contributed by atoms with Crippen molar-refractivity contribution in [1.29, 1.82) is 0 Å². The first-order valence-corrected chi connectivity index (χ1v) is 11.0. The van der Waals surface area contributed by atoms with Crippen LogP contribution < -0.4 is 24.8 Å². The van der Waals surface area contributed by atoms with Gasteiger partial charge in [-0.05, 0) is 54.8 Å². The van der Waals surface area contributed by atoms with Crippen molar-refractivity contribution in [2.45, 2.75) is 26.3 Å². The van der Waals surface area contributed by atoms with Crippen molar-refractivity contribution in [3.8, 4) is 17.2 Å². The zero-order valence-corrected chi connectivity index (χ0v) is 19.9. The van der Waals surface area contributed by atoms with Crippen LogP contribution in [0.15, 0.2) is 60.7 Å². The molecule has 7 nitrogen and oxygen atoms in total. The first-order chi connectivity index (χ1) is 16.4. The van der Waals surface area contributed by atoms with E-state index >= 15 is 0 Å². The zero-order chi connectivity index (χ0) is 24.5. The predicted octanol–water partition coefficient (Wildman–Crippen LogP) is 4.52. The summed E-state index contributed by atoms with van der Waals surface area (Å²) in [5.74, 6) is 1.37. The van der Waals surface area contributed by atoms with Crippen LogP contribution in [0.3, 0.4) is 0 Å². The lowest BCUT2D eigenvalue weighted by Crippen LogP contribution is -2.23. The fraction of sp³-hybridized carbons (Fsp3) is 0.259. The van der Waals surface area contributed by atoms with Gasteiger partial charge in [-0.3, -0.25) is 9.59 Å². The maximum Gasteiger partial charge on any atom is 0.255 e. The second-order valence-electron chi connectivity index (χ2n) is 7.79. The molecule has 0 spiro atoms. The summed E-state index contributed by atoms with van der Waals surface area (Å²) in [6.07, 6.45) is 0.775. The normalized spacial score (nSPS) is 10.4. The van der Waals surface area contributed by atoms with Gasteiger partial charge in [0.15, 0.2) is 11.5 Å². The van der Waals surface area contributed by atoms with Crippen LogP contribution in [0.25, 0.3) is 0 Å². The maximum absolute atomic E-state index is 12.5. The summed E-state index contributed by atoms with van der Waals surface area (Å²) in [5, 5.41) is 5.83. The fourth-order valence-electron chi connectivity index (χ4n) is 3.56. The molecule has 3 aromatic rings. The number of nitrogens with one attached hydrogen (secondary N) is 2. The van der Waals surface area contributed by atoms with E-state index in [9.17, 15) is 9.59 Å². The molecule has 0 heterocycles. The number of anilines is 1. The van der Waals surface area contributed by atoms with Gasteiger partial charge < -0.3 is 24.8 Å². The van der Waals surface area contributed by atoms with E-state index in [0.29, 0.717) is 41.5 Å². The van der Waals surface area contributed by atoms with Crippen molar-refractivity contribution in [1.82, 2.24) is 5.32 Å². The van der Waals surface area contributed by atoms with Crippen molar-refractivity contribution in [2.75, 3.05) is 26.6 Å². The molecule has 2 amide bonds. The predicted molar refractivity (Wildman–Crippen MR) is 132 cm³/mol. The average Bonchev–Trinajstić information content (AvgIpc) is 2.86. The molecule has 0 unspecified atom stereocenters. The van der Waals surface area contributed by atoms with Crippen molar-refractivity contribution in [3.05, 3.63) is 82.9 Å². The third-order valence-corrected chi connectivity index (χ3v) is 5.40. The summed E-state index contributed by atoms with van der Waals surface area (Å²) in [6, 6.07) is 18.5. The zero-order valence-electron chi connectivity index (χ0n) is 19.9. The number of ether oxygens (including phenoxy) is 3. The lowest BCUT2D eigenvalue weighted by molar-refractivity contribution is -0.121. The number of rotatable bonds is 10. The molecule has 7 heteroatoms. The smallest absolute Gasteiger partial charge is 0.255 e. The second kappa shape index (κ2) is 11.7. The highest BCUT2D eigenvalue weighted by atomic mass is 16.5. The fourth-order valence-corrected chi connectivity index (χ4v) is 3.56. The van der Waals surface area contributed by atoms with Gasteiger partial charge in [0.1, 0.15) is 0 Å². The molecule has 0 aliphatic carbocycles. The van der Waals surface area contributed by atoms with Gasteiger partial charge in [-0.1, -0.05) is 35.9 Å². The number of carbonyl (C=O) groups is 2. The summed E-state index contributed by atoms with van der Waals surface area (Å²) in [6.45, 7) is 2.33. The Labute approximate surface area is 200 Å². The Morgan fingerprint density at radius 3 is 2.26 bits per heavy atom. The minimum absolute atomic E-state index is 0.0917. The largest absolute Gasteiger partial charge is 0.493 e. The van der Waals surface area contributed by atoms with Crippen molar-refractivity contribution < 1.29 is 23.8 Å². The molecule has 0 bridgehead atoms. The summed E-state index contributed by atoms with van der Waals surface area (Å²) in [4.78, 5) is 24.9. The van der Waals surface area contributed by atoms with Crippen molar-refractivity contribution >= 4 is 17.5 Å². The van der Waals surface area contributed by atoms with Crippen LogP contribution in [0.4, 0.5) is 5.69 Å². The number of benzene rings is 3. The Morgan fingerprint density at radius 2 is 1.59 bits per heavy atom. The molecule has 0 aliphatic rings. The van der Waals surface area contributed by atoms with E-state index in [1.807, 2.05) is 49.4 Å². The van der Waals surface area contributed by atoms with E-state index < -0.39 is 0 Å². The monoisotopic (exact) mass is 462 g/mol. The topological polar surface area (TPSA) is 85.9 Å². The third-order valence-electron chi connectivity index (χ3n) is 5.40. The van der Waals surface area contributed by atoms with E-state index in [0.717, 1.165) is 16.7 Å². The van der Waals surface area contributed by atoms with E-state index in [-0.39, 0.29) is 18.2 Å². The molecule has 2 N–H and O–H groups in total. The van der Waals surface area contributed by atoms with Crippen LogP contribution in [-0.2, 0) is 17.8 Å². The molecular formula is C27H30N2O5. The number of carbonyl (C=O) groups excluding carboxylic acids is 2. The second-order valence-corrected chi connectivity index (χ2v) is 7.79. The molecule has 0 aliphatic heterocycles. The van der Waals surface area contributed by atoms with Gasteiger partial charge in [-0.25, -0.2) is 0 Å². The van der Waals surface area contributed by atoms with Gasteiger partial charge in [-0.15, -0.1) is 0 Å². The molecule has 3 rings (SSSR count). The molecule has 0 saturated heterocycles. The molecule has 0 aromatic heterocycles. The minimum atomic E-state index is -0.176. The van der Waals surface area contributed by atoms with E-state index in [2.05, 4.69) is 10.6 Å². The van der Waals surface area contributed by atoms with Gasteiger partial charge in [0.25, 0.3) is 5.91 Å². The summed E-state index contributed by atoms with van der Waals surface area (Å²) >= 11 is 0. The molecule has 0 radical (unpaired) electrons. The number of methoxy groups -OCH3 is 3. The number of aryl methyl sites for hydroxylation is 2. The van der Waals surface area contributed by atoms with E-state index in [4.69, 9.17) is 14.2 Å². The summed E-state index contributed by atoms with van der Waals surface area (Å²) < 4.78 is 16.2. The molecule has 0 fully saturated rings. The molecule has 34 heavy (non-hydrogen) atoms. The standard InChI is InChI=1S/C27H30N2O5/c1-18-8-10-21(11-9-18)27(31)29-22-7-5-6-19(16-22)17-28-24(30)15-13-20-12-14-23(32-2)26(34-4)25(20)33-3/h5-12,14,16H,13,15,17H2,1-4H3,(H,28,30)(H,29,31). The van der Waals surface area contributed by atoms with Crippen LogP contribution in [0.5, 0.6) is 17.2 Å². The molecule has 3 aromatic carbocycles. The van der Waals surface area contributed by atoms with Crippen LogP contribution in [-0.4, -0.2) is 33.1 Å². The van der Waals surface area contributed by atoms with Crippen LogP contribution in [0.2, 0.25) is 0 Å². The van der Waals surface area contributed by atoms with Gasteiger partial charge in [0.05, 0.1) is 21.3 Å². The van der Waals surface area contributed by atoms with E-state index in [1.165, 1.54) is 0 Å². The Bertz CT molecular complexity index is 1140. The first kappa shape index (κ1) is 24.6. The molecular weight excluding hydrogens is 432 g/mol. The SMILES string of the molecule is COc1ccc(CCC(=O)NCc2cccc(NC(=O)c3ccc(C)cc3)c2)c(OC)c1OC. The number of hydrogen-bond donors (Lipinski definition) is 2. The van der Waals surface area contributed by atoms with Gasteiger partial charge in [-0.2, -0.15) is 0 Å². The Hall–Kier alpha value is -4.00. The molecule has 0 atom stereocenters. The lowest BCUT2D eigenvalue weighted by atomic mass is 10.1. The van der Waals surface area contributed by atoms with Gasteiger partial charge in [0.2, 0.25) is 11.7 Å². The number of hydrogen-bond acceptors (Lipinski definition) is 5. The lowest BCUT2D eigenvalue weighted by Gasteiger charge is -2.15. The van der Waals surface area contributed by atoms with Crippen molar-refractivity contribution in [3.63, 3.8) is 0 Å². The Balaban J connectivity index is 1.55. The Kier molecular flexibility index (Phi) is 8.51. The highest BCUT2D eigenvalue weighted by Gasteiger charge is 2.16. The Morgan fingerprint density at radius 1 is 0.853 bits per heavy atom. The van der Waals surface area contributed by atoms with Crippen LogP contribution >= 0.6 is 0 Å². The van der Waals surface area contributed by atoms with Gasteiger partial charge >= 0.3 is 0 Å². The molecule has 0 saturated carbocycles. The van der Waals surface area contributed by atoms with Gasteiger partial charge in [0, 0.05) is 24.2 Å². The maximum atomic E-state index is 12.5. The summed E-state index contributed by atoms with van der Waals surface area (Å²) in [5.41, 5.74) is 4.11. The third kappa shape index (κ3) is 6.28. The number of amides is 2. The van der Waals surface area contributed by atoms with Crippen molar-refractivity contribution in [2.24, 2.45) is 0 Å². The first-order valence-electron chi connectivity index (χ1n) is 11.0. The summed E-state index contributed by atoms with van der Waals surface area (Å²) in [7, 11) is 4.67. The quantitative estimate of drug-likeness (QED) is 0.463. The molecule has 178 valence electrons. The average molecular weight is 463 g/mol. The van der Waals surface area contributed by atoms with Crippen LogP contribution in [0, 0.1) is 6.92 Å². The highest BCUT2D eigenvalue weighted by Crippen LogP contribution is 2.40. The van der Waals surface area contributed by atoms with E-state index in [1.54, 1.807) is 39.5 Å². The minimum Gasteiger partial charge on any atom is -0.493 e.